The van der Waals surface area contributed by atoms with Crippen molar-refractivity contribution in [2.24, 2.45) is 0 Å². The third-order valence-corrected chi connectivity index (χ3v) is 3.20. The van der Waals surface area contributed by atoms with E-state index in [2.05, 4.69) is 5.32 Å². The Balaban J connectivity index is 2.16. The largest absolute Gasteiger partial charge is 0.474 e. The summed E-state index contributed by atoms with van der Waals surface area (Å²) in [6.07, 6.45) is -1.31. The molecule has 1 amide bonds. The van der Waals surface area contributed by atoms with Crippen molar-refractivity contribution in [1.82, 2.24) is 0 Å². The van der Waals surface area contributed by atoms with Crippen LogP contribution < -0.4 is 10.1 Å². The first-order chi connectivity index (χ1) is 12.2. The molecule has 0 aromatic heterocycles. The van der Waals surface area contributed by atoms with Crippen LogP contribution >= 0.6 is 0 Å². The average Bonchev–Trinajstić information content (AvgIpc) is 2.56. The van der Waals surface area contributed by atoms with Gasteiger partial charge in [-0.15, -0.1) is 0 Å². The van der Waals surface area contributed by atoms with Gasteiger partial charge in [-0.25, -0.2) is 4.39 Å². The molecule has 0 aliphatic carbocycles. The van der Waals surface area contributed by atoms with Crippen molar-refractivity contribution in [3.8, 4) is 5.75 Å². The molecule has 0 heterocycles. The first-order valence-electron chi connectivity index (χ1n) is 7.04. The molecule has 2 rings (SSSR count). The summed E-state index contributed by atoms with van der Waals surface area (Å²) in [6.45, 7) is 1.24. The van der Waals surface area contributed by atoms with E-state index in [-0.39, 0.29) is 5.69 Å². The van der Waals surface area contributed by atoms with Crippen LogP contribution in [0.3, 0.4) is 0 Å². The fourth-order valence-corrected chi connectivity index (χ4v) is 1.95. The van der Waals surface area contributed by atoms with Crippen molar-refractivity contribution in [2.75, 3.05) is 5.32 Å². The number of nitrogens with zero attached hydrogens (tertiary/aromatic N) is 2. The summed E-state index contributed by atoms with van der Waals surface area (Å²) < 4.78 is 31.7. The van der Waals surface area contributed by atoms with E-state index in [1.54, 1.807) is 0 Å². The van der Waals surface area contributed by atoms with Gasteiger partial charge in [-0.05, 0) is 25.1 Å². The Morgan fingerprint density at radius 2 is 1.73 bits per heavy atom. The van der Waals surface area contributed by atoms with Crippen LogP contribution in [-0.4, -0.2) is 21.9 Å². The number of benzene rings is 2. The second-order valence-corrected chi connectivity index (χ2v) is 5.04. The number of nitro groups is 2. The highest BCUT2D eigenvalue weighted by Gasteiger charge is 2.23. The first-order valence-corrected chi connectivity index (χ1v) is 7.04. The van der Waals surface area contributed by atoms with Crippen molar-refractivity contribution in [1.29, 1.82) is 0 Å². The summed E-state index contributed by atoms with van der Waals surface area (Å²) in [6, 6.07) is 5.22. The molecule has 2 aromatic carbocycles. The molecule has 26 heavy (non-hydrogen) atoms. The molecule has 0 unspecified atom stereocenters. The van der Waals surface area contributed by atoms with Crippen LogP contribution in [0, 0.1) is 31.9 Å². The molecule has 0 saturated carbocycles. The standard InChI is InChI=1S/C15H11F2N3O6/c1-8(26-14-6-9(16)2-5-12(14)19(22)23)15(21)18-10-3-4-11(17)13(7-10)20(24)25/h2-8H,1H3,(H,18,21)/t8-/m0/s1. The molecule has 0 aliphatic rings. The fourth-order valence-electron chi connectivity index (χ4n) is 1.95. The molecule has 0 saturated heterocycles. The van der Waals surface area contributed by atoms with Crippen LogP contribution in [0.4, 0.5) is 25.8 Å². The summed E-state index contributed by atoms with van der Waals surface area (Å²) in [5.41, 5.74) is -1.45. The Kier molecular flexibility index (Phi) is 5.40. The van der Waals surface area contributed by atoms with Gasteiger partial charge in [0.2, 0.25) is 11.6 Å². The van der Waals surface area contributed by atoms with E-state index in [0.29, 0.717) is 0 Å². The minimum absolute atomic E-state index is 0.0766. The van der Waals surface area contributed by atoms with E-state index >= 15 is 0 Å². The highest BCUT2D eigenvalue weighted by atomic mass is 19.1. The van der Waals surface area contributed by atoms with E-state index in [1.165, 1.54) is 6.92 Å². The van der Waals surface area contributed by atoms with Gasteiger partial charge < -0.3 is 10.1 Å². The molecule has 2 aromatic rings. The van der Waals surface area contributed by atoms with Crippen LogP contribution in [0.1, 0.15) is 6.92 Å². The molecular formula is C15H11F2N3O6. The maximum atomic E-state index is 13.3. The normalized spacial score (nSPS) is 11.5. The molecule has 0 fully saturated rings. The first kappa shape index (κ1) is 18.7. The van der Waals surface area contributed by atoms with Gasteiger partial charge in [0.15, 0.2) is 6.10 Å². The Hall–Kier alpha value is -3.63. The van der Waals surface area contributed by atoms with Gasteiger partial charge in [-0.1, -0.05) is 0 Å². The Labute approximate surface area is 144 Å². The fraction of sp³-hybridized carbons (Fsp3) is 0.133. The Bertz CT molecular complexity index is 890. The minimum Gasteiger partial charge on any atom is -0.474 e. The van der Waals surface area contributed by atoms with Crippen molar-refractivity contribution >= 4 is 23.0 Å². The quantitative estimate of drug-likeness (QED) is 0.617. The van der Waals surface area contributed by atoms with E-state index in [4.69, 9.17) is 4.74 Å². The third-order valence-electron chi connectivity index (χ3n) is 3.20. The van der Waals surface area contributed by atoms with Gasteiger partial charge in [-0.3, -0.25) is 25.0 Å². The smallest absolute Gasteiger partial charge is 0.311 e. The van der Waals surface area contributed by atoms with E-state index in [1.807, 2.05) is 0 Å². The SMILES string of the molecule is C[C@H](Oc1cc(F)ccc1[N+](=O)[O-])C(=O)Nc1ccc(F)c([N+](=O)[O-])c1. The van der Waals surface area contributed by atoms with Crippen LogP contribution in [0.5, 0.6) is 5.75 Å². The number of carbonyl (C=O) groups excluding carboxylic acids is 1. The number of nitrogens with one attached hydrogen (secondary N) is 1. The number of hydrogen-bond acceptors (Lipinski definition) is 6. The molecule has 0 aliphatic heterocycles. The lowest BCUT2D eigenvalue weighted by atomic mass is 10.2. The predicted octanol–water partition coefficient (Wildman–Crippen LogP) is 3.19. The van der Waals surface area contributed by atoms with E-state index in [9.17, 15) is 33.8 Å². The molecule has 136 valence electrons. The molecule has 11 heteroatoms. The van der Waals surface area contributed by atoms with Gasteiger partial charge in [0.1, 0.15) is 5.82 Å². The number of carbonyl (C=O) groups is 1. The highest BCUT2D eigenvalue weighted by molar-refractivity contribution is 5.94. The van der Waals surface area contributed by atoms with Crippen molar-refractivity contribution in [2.45, 2.75) is 13.0 Å². The van der Waals surface area contributed by atoms with E-state index in [0.717, 1.165) is 36.4 Å². The van der Waals surface area contributed by atoms with Gasteiger partial charge in [-0.2, -0.15) is 4.39 Å². The van der Waals surface area contributed by atoms with Gasteiger partial charge in [0, 0.05) is 23.9 Å². The van der Waals surface area contributed by atoms with Crippen LogP contribution in [-0.2, 0) is 4.79 Å². The zero-order chi connectivity index (χ0) is 19.4. The Morgan fingerprint density at radius 1 is 1.08 bits per heavy atom. The van der Waals surface area contributed by atoms with Gasteiger partial charge in [0.05, 0.1) is 9.85 Å². The molecular weight excluding hydrogens is 356 g/mol. The number of nitro benzene ring substituents is 2. The molecule has 1 N–H and O–H groups in total. The zero-order valence-electron chi connectivity index (χ0n) is 13.1. The second kappa shape index (κ2) is 7.51. The van der Waals surface area contributed by atoms with E-state index < -0.39 is 50.6 Å². The van der Waals surface area contributed by atoms with Crippen molar-refractivity contribution < 1.29 is 28.2 Å². The summed E-state index contributed by atoms with van der Waals surface area (Å²) in [7, 11) is 0. The summed E-state index contributed by atoms with van der Waals surface area (Å²) in [5.74, 6) is -3.16. The number of rotatable bonds is 6. The van der Waals surface area contributed by atoms with Crippen LogP contribution in [0.25, 0.3) is 0 Å². The minimum atomic E-state index is -1.31. The maximum Gasteiger partial charge on any atom is 0.311 e. The monoisotopic (exact) mass is 367 g/mol. The predicted molar refractivity (Wildman–Crippen MR) is 84.8 cm³/mol. The zero-order valence-corrected chi connectivity index (χ0v) is 13.1. The number of amides is 1. The number of ether oxygens (including phenoxy) is 1. The average molecular weight is 367 g/mol. The maximum absolute atomic E-state index is 13.3. The van der Waals surface area contributed by atoms with Crippen LogP contribution in [0.2, 0.25) is 0 Å². The van der Waals surface area contributed by atoms with Gasteiger partial charge in [0.25, 0.3) is 5.91 Å². The van der Waals surface area contributed by atoms with Crippen LogP contribution in [0.15, 0.2) is 36.4 Å². The molecule has 0 spiro atoms. The summed E-state index contributed by atoms with van der Waals surface area (Å²) in [5, 5.41) is 23.9. The lowest BCUT2D eigenvalue weighted by Gasteiger charge is -2.14. The molecule has 0 radical (unpaired) electrons. The number of hydrogen-bond donors (Lipinski definition) is 1. The van der Waals surface area contributed by atoms with Crippen molar-refractivity contribution in [3.05, 3.63) is 68.3 Å². The number of anilines is 1. The van der Waals surface area contributed by atoms with Crippen molar-refractivity contribution in [3.63, 3.8) is 0 Å². The van der Waals surface area contributed by atoms with Gasteiger partial charge >= 0.3 is 11.4 Å². The molecule has 0 bridgehead atoms. The molecule has 9 nitrogen and oxygen atoms in total. The molecule has 1 atom stereocenters. The summed E-state index contributed by atoms with van der Waals surface area (Å²) in [4.78, 5) is 31.9. The number of halogens is 2. The highest BCUT2D eigenvalue weighted by Crippen LogP contribution is 2.28. The second-order valence-electron chi connectivity index (χ2n) is 5.04. The third kappa shape index (κ3) is 4.26. The lowest BCUT2D eigenvalue weighted by molar-refractivity contribution is -0.387. The Morgan fingerprint density at radius 3 is 2.35 bits per heavy atom. The lowest BCUT2D eigenvalue weighted by Crippen LogP contribution is -2.30. The summed E-state index contributed by atoms with van der Waals surface area (Å²) >= 11 is 0. The topological polar surface area (TPSA) is 125 Å².